The summed E-state index contributed by atoms with van der Waals surface area (Å²) in [5.74, 6) is 1.86. The maximum absolute atomic E-state index is 12.4. The summed E-state index contributed by atoms with van der Waals surface area (Å²) in [6.07, 6.45) is 3.36. The molecule has 0 radical (unpaired) electrons. The van der Waals surface area contributed by atoms with Crippen molar-refractivity contribution in [3.8, 4) is 0 Å². The molecule has 104 valence electrons. The second-order valence-electron chi connectivity index (χ2n) is 5.68. The first-order chi connectivity index (χ1) is 9.81. The van der Waals surface area contributed by atoms with Crippen molar-refractivity contribution in [1.82, 2.24) is 10.1 Å². The lowest BCUT2D eigenvalue weighted by Crippen LogP contribution is -2.28. The van der Waals surface area contributed by atoms with Crippen LogP contribution in [0.25, 0.3) is 0 Å². The number of thiophene rings is 1. The molecule has 3 heterocycles. The molecule has 5 heteroatoms. The Labute approximate surface area is 121 Å². The van der Waals surface area contributed by atoms with Crippen LogP contribution in [0, 0.1) is 0 Å². The zero-order valence-electron chi connectivity index (χ0n) is 11.1. The lowest BCUT2D eigenvalue weighted by molar-refractivity contribution is 0.0780. The molecule has 2 aliphatic rings. The van der Waals surface area contributed by atoms with Gasteiger partial charge in [0.2, 0.25) is 0 Å². The van der Waals surface area contributed by atoms with Gasteiger partial charge in [-0.3, -0.25) is 4.79 Å². The fraction of sp³-hybridized carbons (Fsp3) is 0.467. The molecule has 1 atom stereocenters. The molecule has 0 aromatic carbocycles. The lowest BCUT2D eigenvalue weighted by Gasteiger charge is -2.14. The van der Waals surface area contributed by atoms with E-state index in [1.54, 1.807) is 11.3 Å². The topological polar surface area (TPSA) is 46.3 Å². The van der Waals surface area contributed by atoms with E-state index in [2.05, 4.69) is 22.0 Å². The number of hydrogen-bond acceptors (Lipinski definition) is 4. The van der Waals surface area contributed by atoms with Crippen LogP contribution in [0.5, 0.6) is 0 Å². The molecule has 2 aromatic rings. The second kappa shape index (κ2) is 4.74. The Hall–Kier alpha value is -1.62. The van der Waals surface area contributed by atoms with Gasteiger partial charge in [0, 0.05) is 31.0 Å². The van der Waals surface area contributed by atoms with Gasteiger partial charge in [-0.1, -0.05) is 5.16 Å². The Bertz CT molecular complexity index is 616. The summed E-state index contributed by atoms with van der Waals surface area (Å²) in [7, 11) is 0. The van der Waals surface area contributed by atoms with Crippen LogP contribution < -0.4 is 0 Å². The number of carbonyl (C=O) groups excluding carboxylic acids is 1. The standard InChI is InChI=1S/C15H16N2O2S/c18-15(13-7-14(19-16-13)10-1-2-10)17-5-3-11(8-17)12-4-6-20-9-12/h4,6-7,9-11H,1-3,5,8H2. The van der Waals surface area contributed by atoms with Crippen molar-refractivity contribution < 1.29 is 9.32 Å². The Kier molecular flexibility index (Phi) is 2.88. The fourth-order valence-electron chi connectivity index (χ4n) is 2.84. The van der Waals surface area contributed by atoms with Crippen LogP contribution in [-0.2, 0) is 0 Å². The van der Waals surface area contributed by atoms with Crippen LogP contribution in [0.1, 0.15) is 52.9 Å². The Morgan fingerprint density at radius 3 is 3.00 bits per heavy atom. The summed E-state index contributed by atoms with van der Waals surface area (Å²) in [6, 6.07) is 3.99. The Morgan fingerprint density at radius 1 is 1.35 bits per heavy atom. The maximum atomic E-state index is 12.4. The van der Waals surface area contributed by atoms with E-state index in [1.165, 1.54) is 5.56 Å². The van der Waals surface area contributed by atoms with E-state index in [0.29, 0.717) is 17.5 Å². The molecule has 1 saturated carbocycles. The maximum Gasteiger partial charge on any atom is 0.276 e. The zero-order valence-corrected chi connectivity index (χ0v) is 11.9. The minimum atomic E-state index is 0.0124. The fourth-order valence-corrected chi connectivity index (χ4v) is 3.58. The van der Waals surface area contributed by atoms with Gasteiger partial charge in [0.25, 0.3) is 5.91 Å². The molecule has 4 rings (SSSR count). The van der Waals surface area contributed by atoms with Crippen LogP contribution in [-0.4, -0.2) is 29.1 Å². The largest absolute Gasteiger partial charge is 0.360 e. The van der Waals surface area contributed by atoms with E-state index >= 15 is 0 Å². The Balaban J connectivity index is 1.46. The molecule has 2 fully saturated rings. The molecule has 1 unspecified atom stereocenters. The van der Waals surface area contributed by atoms with Gasteiger partial charge < -0.3 is 9.42 Å². The zero-order chi connectivity index (χ0) is 13.5. The summed E-state index contributed by atoms with van der Waals surface area (Å²) < 4.78 is 5.27. The number of carbonyl (C=O) groups is 1. The van der Waals surface area contributed by atoms with Crippen molar-refractivity contribution in [2.24, 2.45) is 0 Å². The van der Waals surface area contributed by atoms with Crippen molar-refractivity contribution in [1.29, 1.82) is 0 Å². The van der Waals surface area contributed by atoms with Crippen molar-refractivity contribution in [3.63, 3.8) is 0 Å². The van der Waals surface area contributed by atoms with Gasteiger partial charge >= 0.3 is 0 Å². The van der Waals surface area contributed by atoms with Crippen molar-refractivity contribution in [2.75, 3.05) is 13.1 Å². The summed E-state index contributed by atoms with van der Waals surface area (Å²) in [4.78, 5) is 14.3. The molecule has 1 aliphatic heterocycles. The van der Waals surface area contributed by atoms with Crippen LogP contribution >= 0.6 is 11.3 Å². The van der Waals surface area contributed by atoms with E-state index in [1.807, 2.05) is 11.0 Å². The van der Waals surface area contributed by atoms with Gasteiger partial charge in [0.05, 0.1) is 0 Å². The predicted molar refractivity (Wildman–Crippen MR) is 76.1 cm³/mol. The quantitative estimate of drug-likeness (QED) is 0.871. The van der Waals surface area contributed by atoms with Gasteiger partial charge in [-0.25, -0.2) is 0 Å². The normalized spacial score (nSPS) is 22.4. The third-order valence-electron chi connectivity index (χ3n) is 4.22. The summed E-state index contributed by atoms with van der Waals surface area (Å²) >= 11 is 1.72. The smallest absolute Gasteiger partial charge is 0.276 e. The number of rotatable bonds is 3. The first kappa shape index (κ1) is 12.1. The van der Waals surface area contributed by atoms with Gasteiger partial charge in [0.15, 0.2) is 5.69 Å². The third kappa shape index (κ3) is 2.16. The molecule has 1 amide bonds. The highest BCUT2D eigenvalue weighted by atomic mass is 32.1. The van der Waals surface area contributed by atoms with Gasteiger partial charge in [-0.15, -0.1) is 0 Å². The van der Waals surface area contributed by atoms with Crippen molar-refractivity contribution >= 4 is 17.2 Å². The van der Waals surface area contributed by atoms with E-state index in [0.717, 1.165) is 38.1 Å². The molecule has 0 N–H and O–H groups in total. The van der Waals surface area contributed by atoms with Crippen LogP contribution in [0.4, 0.5) is 0 Å². The van der Waals surface area contributed by atoms with Crippen molar-refractivity contribution in [2.45, 2.75) is 31.1 Å². The van der Waals surface area contributed by atoms with Crippen LogP contribution in [0.15, 0.2) is 27.4 Å². The predicted octanol–water partition coefficient (Wildman–Crippen LogP) is 3.24. The number of hydrogen-bond donors (Lipinski definition) is 0. The molecule has 1 aliphatic carbocycles. The van der Waals surface area contributed by atoms with Crippen LogP contribution in [0.2, 0.25) is 0 Å². The highest BCUT2D eigenvalue weighted by molar-refractivity contribution is 7.07. The molecule has 2 aromatic heterocycles. The highest BCUT2D eigenvalue weighted by Crippen LogP contribution is 2.40. The number of nitrogens with zero attached hydrogens (tertiary/aromatic N) is 2. The Morgan fingerprint density at radius 2 is 2.25 bits per heavy atom. The molecular weight excluding hydrogens is 272 g/mol. The van der Waals surface area contributed by atoms with E-state index in [4.69, 9.17) is 4.52 Å². The summed E-state index contributed by atoms with van der Waals surface area (Å²) in [5.41, 5.74) is 1.82. The van der Waals surface area contributed by atoms with Gasteiger partial charge in [-0.2, -0.15) is 11.3 Å². The monoisotopic (exact) mass is 288 g/mol. The van der Waals surface area contributed by atoms with E-state index in [-0.39, 0.29) is 5.91 Å². The summed E-state index contributed by atoms with van der Waals surface area (Å²) in [5, 5.41) is 8.22. The first-order valence-corrected chi connectivity index (χ1v) is 8.03. The number of aromatic nitrogens is 1. The molecule has 0 bridgehead atoms. The minimum Gasteiger partial charge on any atom is -0.360 e. The molecule has 20 heavy (non-hydrogen) atoms. The average Bonchev–Trinajstić information content (AvgIpc) is 2.97. The first-order valence-electron chi connectivity index (χ1n) is 7.09. The third-order valence-corrected chi connectivity index (χ3v) is 4.92. The molecular formula is C15H16N2O2S. The van der Waals surface area contributed by atoms with Crippen LogP contribution in [0.3, 0.4) is 0 Å². The SMILES string of the molecule is O=C(c1cc(C2CC2)on1)N1CCC(c2ccsc2)C1. The molecule has 4 nitrogen and oxygen atoms in total. The van der Waals surface area contributed by atoms with E-state index in [9.17, 15) is 4.79 Å². The second-order valence-corrected chi connectivity index (χ2v) is 6.46. The number of likely N-dealkylation sites (tertiary alicyclic amines) is 1. The lowest BCUT2D eigenvalue weighted by atomic mass is 10.0. The molecule has 1 saturated heterocycles. The van der Waals surface area contributed by atoms with Crippen molar-refractivity contribution in [3.05, 3.63) is 39.9 Å². The van der Waals surface area contributed by atoms with E-state index < -0.39 is 0 Å². The van der Waals surface area contributed by atoms with Gasteiger partial charge in [0.1, 0.15) is 5.76 Å². The summed E-state index contributed by atoms with van der Waals surface area (Å²) in [6.45, 7) is 1.60. The van der Waals surface area contributed by atoms with Gasteiger partial charge in [-0.05, 0) is 41.7 Å². The molecule has 0 spiro atoms. The number of amides is 1. The average molecular weight is 288 g/mol. The minimum absolute atomic E-state index is 0.0124. The highest BCUT2D eigenvalue weighted by Gasteiger charge is 2.32.